The van der Waals surface area contributed by atoms with Crippen LogP contribution in [0.25, 0.3) is 0 Å². The fraction of sp³-hybridized carbons (Fsp3) is 0.704. The second-order valence-electron chi connectivity index (χ2n) is 9.44. The Labute approximate surface area is 168 Å². The van der Waals surface area contributed by atoms with Gasteiger partial charge in [-0.25, -0.2) is 0 Å². The maximum Gasteiger partial charge on any atom is -0.0241 e. The van der Waals surface area contributed by atoms with E-state index in [-0.39, 0.29) is 0 Å². The number of benzene rings is 1. The molecule has 0 heteroatoms. The molecule has 27 heavy (non-hydrogen) atoms. The lowest BCUT2D eigenvalue weighted by Crippen LogP contribution is -2.15. The number of hydrogen-bond acceptors (Lipinski definition) is 0. The zero-order valence-electron chi connectivity index (χ0n) is 18.0. The first-order valence-electron chi connectivity index (χ1n) is 12.0. The fourth-order valence-electron chi connectivity index (χ4n) is 5.30. The van der Waals surface area contributed by atoms with Crippen molar-refractivity contribution < 1.29 is 0 Å². The summed E-state index contributed by atoms with van der Waals surface area (Å²) < 4.78 is 0. The van der Waals surface area contributed by atoms with Crippen LogP contribution in [0.15, 0.2) is 35.9 Å². The molecule has 1 saturated carbocycles. The van der Waals surface area contributed by atoms with E-state index >= 15 is 0 Å². The van der Waals surface area contributed by atoms with Crippen LogP contribution in [0, 0.1) is 17.8 Å². The predicted octanol–water partition coefficient (Wildman–Crippen LogP) is 8.29. The Bertz CT molecular complexity index is 556. The van der Waals surface area contributed by atoms with Gasteiger partial charge in [-0.1, -0.05) is 94.7 Å². The van der Waals surface area contributed by atoms with E-state index in [9.17, 15) is 0 Å². The third-order valence-electron chi connectivity index (χ3n) is 7.44. The SMILES string of the molecule is CCCc1ccc(CCC2=CCC(CCC3CCC(CC)CC3)CC2)cc1. The van der Waals surface area contributed by atoms with Gasteiger partial charge in [0.1, 0.15) is 0 Å². The van der Waals surface area contributed by atoms with E-state index < -0.39 is 0 Å². The molecule has 0 aromatic heterocycles. The topological polar surface area (TPSA) is 0 Å². The standard InChI is InChI=1S/C27H42/c1-3-5-23-10-12-25(13-11-23)16-17-27-20-18-26(19-21-27)15-14-24-8-6-22(4-2)7-9-24/h10-13,20,22,24,26H,3-9,14-19,21H2,1-2H3. The number of aryl methyl sites for hydroxylation is 2. The van der Waals surface area contributed by atoms with E-state index in [2.05, 4.69) is 44.2 Å². The van der Waals surface area contributed by atoms with Gasteiger partial charge in [0.25, 0.3) is 0 Å². The summed E-state index contributed by atoms with van der Waals surface area (Å²) in [4.78, 5) is 0. The second-order valence-corrected chi connectivity index (χ2v) is 9.44. The molecule has 2 aliphatic rings. The lowest BCUT2D eigenvalue weighted by molar-refractivity contribution is 0.241. The first-order chi connectivity index (χ1) is 13.3. The van der Waals surface area contributed by atoms with E-state index in [1.54, 1.807) is 5.57 Å². The van der Waals surface area contributed by atoms with Gasteiger partial charge in [-0.15, -0.1) is 0 Å². The maximum atomic E-state index is 2.60. The summed E-state index contributed by atoms with van der Waals surface area (Å²) in [5.74, 6) is 3.07. The molecule has 1 fully saturated rings. The van der Waals surface area contributed by atoms with Crippen molar-refractivity contribution in [1.82, 2.24) is 0 Å². The summed E-state index contributed by atoms with van der Waals surface area (Å²) in [6.07, 6.45) is 22.2. The smallest absolute Gasteiger partial charge is 0.0241 e. The quantitative estimate of drug-likeness (QED) is 0.385. The van der Waals surface area contributed by atoms with Crippen molar-refractivity contribution >= 4 is 0 Å². The van der Waals surface area contributed by atoms with Crippen molar-refractivity contribution in [2.45, 2.75) is 104 Å². The Balaban J connectivity index is 1.33. The van der Waals surface area contributed by atoms with Crippen molar-refractivity contribution in [2.24, 2.45) is 17.8 Å². The average Bonchev–Trinajstić information content (AvgIpc) is 2.73. The van der Waals surface area contributed by atoms with E-state index in [4.69, 9.17) is 0 Å². The molecular formula is C27H42. The van der Waals surface area contributed by atoms with Crippen LogP contribution in [0.4, 0.5) is 0 Å². The van der Waals surface area contributed by atoms with Gasteiger partial charge in [0, 0.05) is 0 Å². The van der Waals surface area contributed by atoms with Crippen LogP contribution in [0.3, 0.4) is 0 Å². The molecule has 0 radical (unpaired) electrons. The van der Waals surface area contributed by atoms with E-state index in [1.807, 2.05) is 0 Å². The summed E-state index contributed by atoms with van der Waals surface area (Å²) in [6, 6.07) is 9.37. The molecule has 1 unspecified atom stereocenters. The van der Waals surface area contributed by atoms with Crippen LogP contribution in [-0.2, 0) is 12.8 Å². The molecule has 2 aliphatic carbocycles. The Hall–Kier alpha value is -1.04. The third-order valence-corrected chi connectivity index (χ3v) is 7.44. The van der Waals surface area contributed by atoms with Crippen molar-refractivity contribution in [2.75, 3.05) is 0 Å². The van der Waals surface area contributed by atoms with Crippen LogP contribution < -0.4 is 0 Å². The largest absolute Gasteiger partial charge is 0.0850 e. The Morgan fingerprint density at radius 2 is 1.33 bits per heavy atom. The molecule has 1 aromatic rings. The van der Waals surface area contributed by atoms with Gasteiger partial charge in [-0.2, -0.15) is 0 Å². The van der Waals surface area contributed by atoms with Crippen molar-refractivity contribution in [3.8, 4) is 0 Å². The molecule has 0 nitrogen and oxygen atoms in total. The van der Waals surface area contributed by atoms with Crippen molar-refractivity contribution in [3.05, 3.63) is 47.0 Å². The summed E-state index contributed by atoms with van der Waals surface area (Å²) >= 11 is 0. The van der Waals surface area contributed by atoms with Gasteiger partial charge >= 0.3 is 0 Å². The van der Waals surface area contributed by atoms with Crippen LogP contribution in [-0.4, -0.2) is 0 Å². The first kappa shape index (κ1) is 20.7. The molecule has 0 amide bonds. The lowest BCUT2D eigenvalue weighted by Gasteiger charge is -2.29. The summed E-state index contributed by atoms with van der Waals surface area (Å²) in [7, 11) is 0. The van der Waals surface area contributed by atoms with Gasteiger partial charge < -0.3 is 0 Å². The van der Waals surface area contributed by atoms with Gasteiger partial charge in [-0.3, -0.25) is 0 Å². The Morgan fingerprint density at radius 3 is 1.93 bits per heavy atom. The second kappa shape index (κ2) is 11.1. The summed E-state index contributed by atoms with van der Waals surface area (Å²) in [5.41, 5.74) is 4.73. The minimum atomic E-state index is 0.978. The molecule has 3 rings (SSSR count). The zero-order valence-corrected chi connectivity index (χ0v) is 18.0. The highest BCUT2D eigenvalue weighted by Gasteiger charge is 2.21. The fourth-order valence-corrected chi connectivity index (χ4v) is 5.30. The normalized spacial score (nSPS) is 26.0. The highest BCUT2D eigenvalue weighted by atomic mass is 14.3. The Kier molecular flexibility index (Phi) is 8.49. The lowest BCUT2D eigenvalue weighted by atomic mass is 9.76. The average molecular weight is 367 g/mol. The van der Waals surface area contributed by atoms with Gasteiger partial charge in [0.2, 0.25) is 0 Å². The van der Waals surface area contributed by atoms with Gasteiger partial charge in [0.05, 0.1) is 0 Å². The van der Waals surface area contributed by atoms with Gasteiger partial charge in [-0.05, 0) is 73.8 Å². The molecule has 0 aliphatic heterocycles. The highest BCUT2D eigenvalue weighted by molar-refractivity contribution is 5.23. The zero-order chi connectivity index (χ0) is 18.9. The van der Waals surface area contributed by atoms with Crippen LogP contribution >= 0.6 is 0 Å². The van der Waals surface area contributed by atoms with E-state index in [1.165, 1.54) is 101 Å². The molecule has 1 aromatic carbocycles. The molecule has 0 heterocycles. The van der Waals surface area contributed by atoms with Crippen LogP contribution in [0.1, 0.15) is 102 Å². The predicted molar refractivity (Wildman–Crippen MR) is 119 cm³/mol. The molecule has 0 N–H and O–H groups in total. The first-order valence-corrected chi connectivity index (χ1v) is 12.0. The monoisotopic (exact) mass is 366 g/mol. The molecule has 1 atom stereocenters. The van der Waals surface area contributed by atoms with Crippen LogP contribution in [0.5, 0.6) is 0 Å². The molecule has 0 saturated heterocycles. The Morgan fingerprint density at radius 1 is 0.704 bits per heavy atom. The third kappa shape index (κ3) is 6.81. The number of rotatable bonds is 9. The maximum absolute atomic E-state index is 2.60. The minimum Gasteiger partial charge on any atom is -0.0850 e. The van der Waals surface area contributed by atoms with Gasteiger partial charge in [0.15, 0.2) is 0 Å². The minimum absolute atomic E-state index is 0.978. The number of allylic oxidation sites excluding steroid dienone is 2. The molecule has 0 spiro atoms. The number of hydrogen-bond donors (Lipinski definition) is 0. The van der Waals surface area contributed by atoms with E-state index in [0.29, 0.717) is 0 Å². The van der Waals surface area contributed by atoms with Crippen LogP contribution in [0.2, 0.25) is 0 Å². The van der Waals surface area contributed by atoms with Crippen molar-refractivity contribution in [1.29, 1.82) is 0 Å². The molecular weight excluding hydrogens is 324 g/mol. The van der Waals surface area contributed by atoms with E-state index in [0.717, 1.165) is 17.8 Å². The van der Waals surface area contributed by atoms with Crippen molar-refractivity contribution in [3.63, 3.8) is 0 Å². The summed E-state index contributed by atoms with van der Waals surface area (Å²) in [6.45, 7) is 4.63. The highest BCUT2D eigenvalue weighted by Crippen LogP contribution is 2.36. The molecule has 150 valence electrons. The summed E-state index contributed by atoms with van der Waals surface area (Å²) in [5, 5.41) is 0. The molecule has 0 bridgehead atoms.